The minimum Gasteiger partial charge on any atom is -0.354 e. The molecule has 1 aliphatic rings. The van der Waals surface area contributed by atoms with Crippen LogP contribution in [0.5, 0.6) is 0 Å². The molecular formula is C13H21N3OS. The van der Waals surface area contributed by atoms with Gasteiger partial charge in [0.1, 0.15) is 0 Å². The van der Waals surface area contributed by atoms with Gasteiger partial charge in [-0.2, -0.15) is 0 Å². The predicted molar refractivity (Wildman–Crippen MR) is 73.8 cm³/mol. The summed E-state index contributed by atoms with van der Waals surface area (Å²) in [6, 6.07) is 0. The fourth-order valence-electron chi connectivity index (χ4n) is 2.26. The van der Waals surface area contributed by atoms with Crippen LogP contribution in [-0.4, -0.2) is 29.5 Å². The van der Waals surface area contributed by atoms with Crippen molar-refractivity contribution in [2.75, 3.05) is 13.1 Å². The molecule has 5 heteroatoms. The van der Waals surface area contributed by atoms with E-state index in [2.05, 4.69) is 22.5 Å². The molecule has 1 amide bonds. The van der Waals surface area contributed by atoms with Gasteiger partial charge in [0.2, 0.25) is 5.91 Å². The highest BCUT2D eigenvalue weighted by Crippen LogP contribution is 2.20. The first kappa shape index (κ1) is 13.5. The van der Waals surface area contributed by atoms with Gasteiger partial charge >= 0.3 is 0 Å². The molecule has 4 nitrogen and oxygen atoms in total. The Kier molecular flexibility index (Phi) is 4.35. The SMILES string of the molecule is CC(CNC(=O)C1(C)CCCCN1)c1nccs1. The molecule has 1 aromatic heterocycles. The van der Waals surface area contributed by atoms with Crippen LogP contribution in [-0.2, 0) is 4.79 Å². The maximum Gasteiger partial charge on any atom is 0.240 e. The number of hydrogen-bond acceptors (Lipinski definition) is 4. The third kappa shape index (κ3) is 3.09. The number of thiazole rings is 1. The molecule has 0 bridgehead atoms. The summed E-state index contributed by atoms with van der Waals surface area (Å²) in [5.41, 5.74) is -0.388. The van der Waals surface area contributed by atoms with E-state index in [0.29, 0.717) is 6.54 Å². The van der Waals surface area contributed by atoms with Crippen molar-refractivity contribution < 1.29 is 4.79 Å². The lowest BCUT2D eigenvalue weighted by Crippen LogP contribution is -2.57. The molecule has 1 aromatic rings. The lowest BCUT2D eigenvalue weighted by Gasteiger charge is -2.33. The fraction of sp³-hybridized carbons (Fsp3) is 0.692. The summed E-state index contributed by atoms with van der Waals surface area (Å²) in [6.45, 7) is 5.68. The van der Waals surface area contributed by atoms with Gasteiger partial charge < -0.3 is 10.6 Å². The monoisotopic (exact) mass is 267 g/mol. The number of carbonyl (C=O) groups is 1. The third-order valence-corrected chi connectivity index (χ3v) is 4.57. The number of carbonyl (C=O) groups excluding carboxylic acids is 1. The lowest BCUT2D eigenvalue weighted by molar-refractivity contribution is -0.128. The van der Waals surface area contributed by atoms with Crippen LogP contribution in [0.1, 0.15) is 44.0 Å². The van der Waals surface area contributed by atoms with Gasteiger partial charge in [-0.05, 0) is 32.7 Å². The van der Waals surface area contributed by atoms with Crippen LogP contribution >= 0.6 is 11.3 Å². The van der Waals surface area contributed by atoms with Crippen molar-refractivity contribution in [3.05, 3.63) is 16.6 Å². The highest BCUT2D eigenvalue weighted by Gasteiger charge is 2.34. The molecule has 1 fully saturated rings. The molecule has 2 rings (SSSR count). The van der Waals surface area contributed by atoms with E-state index in [4.69, 9.17) is 0 Å². The van der Waals surface area contributed by atoms with E-state index in [1.165, 1.54) is 6.42 Å². The zero-order valence-electron chi connectivity index (χ0n) is 11.0. The first-order valence-corrected chi connectivity index (χ1v) is 7.42. The molecule has 100 valence electrons. The van der Waals surface area contributed by atoms with Crippen LogP contribution in [0.25, 0.3) is 0 Å². The van der Waals surface area contributed by atoms with Crippen molar-refractivity contribution in [1.82, 2.24) is 15.6 Å². The number of aromatic nitrogens is 1. The summed E-state index contributed by atoms with van der Waals surface area (Å²) in [5, 5.41) is 9.43. The minimum absolute atomic E-state index is 0.116. The van der Waals surface area contributed by atoms with E-state index in [1.807, 2.05) is 18.5 Å². The molecule has 2 unspecified atom stereocenters. The molecule has 1 aliphatic heterocycles. The van der Waals surface area contributed by atoms with E-state index in [1.54, 1.807) is 11.3 Å². The fourth-order valence-corrected chi connectivity index (χ4v) is 2.95. The van der Waals surface area contributed by atoms with Crippen molar-refractivity contribution in [1.29, 1.82) is 0 Å². The second-order valence-corrected chi connectivity index (χ2v) is 6.12. The minimum atomic E-state index is -0.388. The van der Waals surface area contributed by atoms with Gasteiger partial charge in [-0.15, -0.1) is 11.3 Å². The zero-order chi connectivity index (χ0) is 13.0. The van der Waals surface area contributed by atoms with Crippen LogP contribution in [0.4, 0.5) is 0 Å². The summed E-state index contributed by atoms with van der Waals surface area (Å²) in [6.07, 6.45) is 5.02. The van der Waals surface area contributed by atoms with Crippen molar-refractivity contribution in [2.45, 2.75) is 44.6 Å². The van der Waals surface area contributed by atoms with Crippen LogP contribution in [0.2, 0.25) is 0 Å². The maximum atomic E-state index is 12.2. The number of nitrogens with zero attached hydrogens (tertiary/aromatic N) is 1. The molecule has 1 saturated heterocycles. The topological polar surface area (TPSA) is 54.0 Å². The Balaban J connectivity index is 1.84. The van der Waals surface area contributed by atoms with Crippen molar-refractivity contribution in [3.63, 3.8) is 0 Å². The van der Waals surface area contributed by atoms with Gasteiger partial charge in [0.05, 0.1) is 10.5 Å². The zero-order valence-corrected chi connectivity index (χ0v) is 11.8. The Morgan fingerprint density at radius 2 is 2.50 bits per heavy atom. The predicted octanol–water partition coefficient (Wildman–Crippen LogP) is 1.90. The summed E-state index contributed by atoms with van der Waals surface area (Å²) in [5.74, 6) is 0.395. The Morgan fingerprint density at radius 1 is 1.67 bits per heavy atom. The maximum absolute atomic E-state index is 12.2. The first-order chi connectivity index (χ1) is 8.62. The number of nitrogens with one attached hydrogen (secondary N) is 2. The molecular weight excluding hydrogens is 246 g/mol. The Bertz CT molecular complexity index is 385. The average molecular weight is 267 g/mol. The second-order valence-electron chi connectivity index (χ2n) is 5.20. The largest absolute Gasteiger partial charge is 0.354 e. The number of piperidine rings is 1. The molecule has 0 aromatic carbocycles. The number of amides is 1. The molecule has 0 spiro atoms. The van der Waals surface area contributed by atoms with Gasteiger partial charge in [0.25, 0.3) is 0 Å². The van der Waals surface area contributed by atoms with Gasteiger partial charge in [-0.25, -0.2) is 4.98 Å². The highest BCUT2D eigenvalue weighted by atomic mass is 32.1. The van der Waals surface area contributed by atoms with Crippen molar-refractivity contribution in [2.24, 2.45) is 0 Å². The van der Waals surface area contributed by atoms with Crippen LogP contribution in [0.3, 0.4) is 0 Å². The molecule has 2 heterocycles. The quantitative estimate of drug-likeness (QED) is 0.876. The lowest BCUT2D eigenvalue weighted by atomic mass is 9.90. The average Bonchev–Trinajstić information content (AvgIpc) is 2.90. The highest BCUT2D eigenvalue weighted by molar-refractivity contribution is 7.09. The summed E-state index contributed by atoms with van der Waals surface area (Å²) in [7, 11) is 0. The number of rotatable bonds is 4. The van der Waals surface area contributed by atoms with Crippen LogP contribution in [0, 0.1) is 0 Å². The second kappa shape index (κ2) is 5.80. The molecule has 0 saturated carbocycles. The van der Waals surface area contributed by atoms with Gasteiger partial charge in [0, 0.05) is 24.0 Å². The Morgan fingerprint density at radius 3 is 3.11 bits per heavy atom. The van der Waals surface area contributed by atoms with E-state index in [9.17, 15) is 4.79 Å². The van der Waals surface area contributed by atoms with E-state index >= 15 is 0 Å². The smallest absolute Gasteiger partial charge is 0.240 e. The third-order valence-electron chi connectivity index (χ3n) is 3.56. The molecule has 2 atom stereocenters. The van der Waals surface area contributed by atoms with Gasteiger partial charge in [-0.1, -0.05) is 6.92 Å². The standard InChI is InChI=1S/C13H21N3OS/c1-10(11-14-7-8-18-11)9-15-12(17)13(2)5-3-4-6-16-13/h7-8,10,16H,3-6,9H2,1-2H3,(H,15,17). The molecule has 0 radical (unpaired) electrons. The van der Waals surface area contributed by atoms with Crippen LogP contribution < -0.4 is 10.6 Å². The van der Waals surface area contributed by atoms with Crippen molar-refractivity contribution >= 4 is 17.2 Å². The van der Waals surface area contributed by atoms with Crippen LogP contribution in [0.15, 0.2) is 11.6 Å². The summed E-state index contributed by atoms with van der Waals surface area (Å²) < 4.78 is 0. The Hall–Kier alpha value is -0.940. The molecule has 0 aliphatic carbocycles. The van der Waals surface area contributed by atoms with E-state index in [-0.39, 0.29) is 17.4 Å². The van der Waals surface area contributed by atoms with E-state index in [0.717, 1.165) is 24.4 Å². The molecule has 2 N–H and O–H groups in total. The van der Waals surface area contributed by atoms with Gasteiger partial charge in [0.15, 0.2) is 0 Å². The summed E-state index contributed by atoms with van der Waals surface area (Å²) in [4.78, 5) is 16.5. The first-order valence-electron chi connectivity index (χ1n) is 6.54. The van der Waals surface area contributed by atoms with Crippen molar-refractivity contribution in [3.8, 4) is 0 Å². The van der Waals surface area contributed by atoms with Gasteiger partial charge in [-0.3, -0.25) is 4.79 Å². The Labute approximate surface area is 112 Å². The number of hydrogen-bond donors (Lipinski definition) is 2. The normalized spacial score (nSPS) is 25.7. The molecule has 18 heavy (non-hydrogen) atoms. The van der Waals surface area contributed by atoms with E-state index < -0.39 is 0 Å². The summed E-state index contributed by atoms with van der Waals surface area (Å²) >= 11 is 1.64.